The lowest BCUT2D eigenvalue weighted by Gasteiger charge is -2.23. The summed E-state index contributed by atoms with van der Waals surface area (Å²) in [6, 6.07) is 0.514. The fraction of sp³-hybridized carbons (Fsp3) is 0.750. The third-order valence-corrected chi connectivity index (χ3v) is 2.84. The lowest BCUT2D eigenvalue weighted by Crippen LogP contribution is -2.38. The highest BCUT2D eigenvalue weighted by Crippen LogP contribution is 1.97. The zero-order chi connectivity index (χ0) is 12.0. The van der Waals surface area contributed by atoms with Gasteiger partial charge in [0.2, 0.25) is 0 Å². The molecule has 92 valence electrons. The zero-order valence-electron chi connectivity index (χ0n) is 10.9. The molecule has 0 saturated heterocycles. The van der Waals surface area contributed by atoms with Crippen molar-refractivity contribution >= 4 is 0 Å². The van der Waals surface area contributed by atoms with Crippen LogP contribution in [0.15, 0.2) is 12.4 Å². The Bertz CT molecular complexity index is 291. The van der Waals surface area contributed by atoms with E-state index in [4.69, 9.17) is 0 Å². The number of hydrogen-bond acceptors (Lipinski definition) is 3. The van der Waals surface area contributed by atoms with E-state index in [2.05, 4.69) is 42.3 Å². The lowest BCUT2D eigenvalue weighted by atomic mass is 10.2. The zero-order valence-corrected chi connectivity index (χ0v) is 10.9. The number of hydrogen-bond donors (Lipinski definition) is 1. The molecule has 4 nitrogen and oxygen atoms in total. The van der Waals surface area contributed by atoms with Crippen molar-refractivity contribution in [1.29, 1.82) is 0 Å². The van der Waals surface area contributed by atoms with Gasteiger partial charge in [0.25, 0.3) is 0 Å². The van der Waals surface area contributed by atoms with Gasteiger partial charge in [0, 0.05) is 37.9 Å². The van der Waals surface area contributed by atoms with Crippen molar-refractivity contribution in [2.24, 2.45) is 7.05 Å². The van der Waals surface area contributed by atoms with Crippen LogP contribution in [0.1, 0.15) is 26.3 Å². The Balaban J connectivity index is 2.26. The van der Waals surface area contributed by atoms with Gasteiger partial charge in [-0.2, -0.15) is 5.10 Å². The normalized spacial score (nSPS) is 13.3. The van der Waals surface area contributed by atoms with Crippen LogP contribution in [0, 0.1) is 0 Å². The minimum atomic E-state index is 0.514. The summed E-state index contributed by atoms with van der Waals surface area (Å²) in [5, 5.41) is 7.67. The Hall–Kier alpha value is -0.870. The summed E-state index contributed by atoms with van der Waals surface area (Å²) in [6.45, 7) is 10.9. The predicted octanol–water partition coefficient (Wildman–Crippen LogP) is 1.24. The molecule has 0 spiro atoms. The quantitative estimate of drug-likeness (QED) is 0.756. The first-order valence-corrected chi connectivity index (χ1v) is 6.09. The largest absolute Gasteiger partial charge is 0.309 e. The van der Waals surface area contributed by atoms with Crippen LogP contribution < -0.4 is 5.32 Å². The number of aryl methyl sites for hydroxylation is 1. The maximum absolute atomic E-state index is 4.15. The third kappa shape index (κ3) is 4.33. The topological polar surface area (TPSA) is 33.1 Å². The average molecular weight is 224 g/mol. The fourth-order valence-electron chi connectivity index (χ4n) is 1.79. The van der Waals surface area contributed by atoms with E-state index in [9.17, 15) is 0 Å². The highest BCUT2D eigenvalue weighted by Gasteiger charge is 2.06. The second kappa shape index (κ2) is 6.66. The van der Waals surface area contributed by atoms with E-state index >= 15 is 0 Å². The van der Waals surface area contributed by atoms with E-state index in [1.165, 1.54) is 5.56 Å². The second-order valence-electron chi connectivity index (χ2n) is 4.29. The van der Waals surface area contributed by atoms with Gasteiger partial charge < -0.3 is 10.2 Å². The molecular weight excluding hydrogens is 200 g/mol. The molecule has 0 saturated carbocycles. The molecule has 0 aliphatic carbocycles. The van der Waals surface area contributed by atoms with E-state index in [0.717, 1.165) is 26.2 Å². The summed E-state index contributed by atoms with van der Waals surface area (Å²) in [5.41, 5.74) is 1.24. The smallest absolute Gasteiger partial charge is 0.0534 e. The molecule has 16 heavy (non-hydrogen) atoms. The van der Waals surface area contributed by atoms with Gasteiger partial charge in [-0.05, 0) is 20.0 Å². The number of nitrogens with one attached hydrogen (secondary N) is 1. The van der Waals surface area contributed by atoms with Crippen molar-refractivity contribution in [1.82, 2.24) is 20.0 Å². The maximum atomic E-state index is 4.15. The monoisotopic (exact) mass is 224 g/mol. The van der Waals surface area contributed by atoms with Crippen LogP contribution in [-0.4, -0.2) is 40.4 Å². The maximum Gasteiger partial charge on any atom is 0.0534 e. The molecule has 4 heteroatoms. The van der Waals surface area contributed by atoms with Gasteiger partial charge in [0.1, 0.15) is 0 Å². The molecule has 1 aromatic rings. The van der Waals surface area contributed by atoms with Crippen molar-refractivity contribution in [2.75, 3.05) is 19.6 Å². The minimum absolute atomic E-state index is 0.514. The van der Waals surface area contributed by atoms with Crippen LogP contribution >= 0.6 is 0 Å². The van der Waals surface area contributed by atoms with Crippen molar-refractivity contribution in [3.63, 3.8) is 0 Å². The predicted molar refractivity (Wildman–Crippen MR) is 67.3 cm³/mol. The van der Waals surface area contributed by atoms with Gasteiger partial charge in [0.15, 0.2) is 0 Å². The molecule has 1 unspecified atom stereocenters. The van der Waals surface area contributed by atoms with Crippen molar-refractivity contribution in [3.05, 3.63) is 18.0 Å². The van der Waals surface area contributed by atoms with Crippen LogP contribution in [0.5, 0.6) is 0 Å². The molecule has 1 N–H and O–H groups in total. The molecule has 0 aliphatic rings. The van der Waals surface area contributed by atoms with Gasteiger partial charge in [-0.1, -0.05) is 13.8 Å². The van der Waals surface area contributed by atoms with E-state index in [1.807, 2.05) is 17.9 Å². The molecule has 0 aromatic carbocycles. The molecular formula is C12H24N4. The van der Waals surface area contributed by atoms with Crippen LogP contribution in [0.2, 0.25) is 0 Å². The number of aromatic nitrogens is 2. The Morgan fingerprint density at radius 1 is 1.44 bits per heavy atom. The highest BCUT2D eigenvalue weighted by molar-refractivity contribution is 5.03. The van der Waals surface area contributed by atoms with Gasteiger partial charge in [-0.25, -0.2) is 0 Å². The number of nitrogens with zero attached hydrogens (tertiary/aromatic N) is 3. The van der Waals surface area contributed by atoms with E-state index in [0.29, 0.717) is 6.04 Å². The van der Waals surface area contributed by atoms with Crippen molar-refractivity contribution < 1.29 is 0 Å². The lowest BCUT2D eigenvalue weighted by molar-refractivity contribution is 0.270. The molecule has 1 heterocycles. The third-order valence-electron chi connectivity index (χ3n) is 2.84. The van der Waals surface area contributed by atoms with Crippen LogP contribution in [0.3, 0.4) is 0 Å². The summed E-state index contributed by atoms with van der Waals surface area (Å²) < 4.78 is 1.84. The molecule has 1 rings (SSSR count). The highest BCUT2D eigenvalue weighted by atomic mass is 15.2. The van der Waals surface area contributed by atoms with Crippen LogP contribution in [-0.2, 0) is 13.6 Å². The van der Waals surface area contributed by atoms with Gasteiger partial charge in [-0.3, -0.25) is 4.68 Å². The van der Waals surface area contributed by atoms with E-state index < -0.39 is 0 Å². The van der Waals surface area contributed by atoms with Crippen molar-refractivity contribution in [2.45, 2.75) is 33.4 Å². The van der Waals surface area contributed by atoms with Gasteiger partial charge in [0.05, 0.1) is 6.20 Å². The summed E-state index contributed by atoms with van der Waals surface area (Å²) >= 11 is 0. The SMILES string of the molecule is CCN(CC)CC(C)NCc1cnn(C)c1. The van der Waals surface area contributed by atoms with Crippen molar-refractivity contribution in [3.8, 4) is 0 Å². The molecule has 0 radical (unpaired) electrons. The first kappa shape index (κ1) is 13.2. The Morgan fingerprint density at radius 3 is 2.62 bits per heavy atom. The summed E-state index contributed by atoms with van der Waals surface area (Å²) in [4.78, 5) is 2.43. The Kier molecular flexibility index (Phi) is 5.49. The summed E-state index contributed by atoms with van der Waals surface area (Å²) in [5.74, 6) is 0. The Labute approximate surface area is 98.6 Å². The van der Waals surface area contributed by atoms with Crippen LogP contribution in [0.25, 0.3) is 0 Å². The molecule has 1 atom stereocenters. The molecule has 0 bridgehead atoms. The molecule has 0 fully saturated rings. The van der Waals surface area contributed by atoms with Gasteiger partial charge in [-0.15, -0.1) is 0 Å². The first-order valence-electron chi connectivity index (χ1n) is 6.09. The second-order valence-corrected chi connectivity index (χ2v) is 4.29. The number of rotatable bonds is 7. The van der Waals surface area contributed by atoms with E-state index in [1.54, 1.807) is 0 Å². The molecule has 0 amide bonds. The molecule has 0 aliphatic heterocycles. The summed E-state index contributed by atoms with van der Waals surface area (Å²) in [7, 11) is 1.95. The standard InChI is InChI=1S/C12H24N4/c1-5-16(6-2)9-11(3)13-7-12-8-14-15(4)10-12/h8,10-11,13H,5-7,9H2,1-4H3. The average Bonchev–Trinajstić information content (AvgIpc) is 2.69. The Morgan fingerprint density at radius 2 is 2.12 bits per heavy atom. The van der Waals surface area contributed by atoms with Gasteiger partial charge >= 0.3 is 0 Å². The molecule has 1 aromatic heterocycles. The van der Waals surface area contributed by atoms with Crippen LogP contribution in [0.4, 0.5) is 0 Å². The minimum Gasteiger partial charge on any atom is -0.309 e. The fourth-order valence-corrected chi connectivity index (χ4v) is 1.79. The summed E-state index contributed by atoms with van der Waals surface area (Å²) in [6.07, 6.45) is 3.97. The number of likely N-dealkylation sites (N-methyl/N-ethyl adjacent to an activating group) is 1. The first-order chi connectivity index (χ1) is 7.65. The van der Waals surface area contributed by atoms with E-state index in [-0.39, 0.29) is 0 Å².